The second-order valence-corrected chi connectivity index (χ2v) is 9.01. The molecule has 2 aliphatic rings. The molecule has 1 fully saturated rings. The van der Waals surface area contributed by atoms with Gasteiger partial charge in [0.05, 0.1) is 11.3 Å². The van der Waals surface area contributed by atoms with Crippen LogP contribution in [0.2, 0.25) is 0 Å². The highest BCUT2D eigenvalue weighted by atomic mass is 32.2. The molecule has 160 valence electrons. The van der Waals surface area contributed by atoms with E-state index >= 15 is 0 Å². The molecule has 0 spiro atoms. The van der Waals surface area contributed by atoms with E-state index in [1.807, 2.05) is 0 Å². The van der Waals surface area contributed by atoms with Gasteiger partial charge in [0.2, 0.25) is 15.9 Å². The van der Waals surface area contributed by atoms with Gasteiger partial charge in [-0.1, -0.05) is 6.58 Å². The molecule has 0 atom stereocenters. The summed E-state index contributed by atoms with van der Waals surface area (Å²) in [6.45, 7) is 5.35. The molecule has 7 nitrogen and oxygen atoms in total. The summed E-state index contributed by atoms with van der Waals surface area (Å²) in [5, 5.41) is 0.951. The molecule has 11 heteroatoms. The third kappa shape index (κ3) is 4.05. The maximum atomic E-state index is 12.7. The fourth-order valence-corrected chi connectivity index (χ4v) is 4.50. The highest BCUT2D eigenvalue weighted by Gasteiger charge is 2.39. The molecule has 2 aromatic rings. The average molecular weight is 440 g/mol. The molecular formula is C19H19F3N4O3S. The lowest BCUT2D eigenvalue weighted by molar-refractivity contribution is -0.137. The van der Waals surface area contributed by atoms with Crippen molar-refractivity contribution in [1.29, 1.82) is 0 Å². The highest BCUT2D eigenvalue weighted by Crippen LogP contribution is 2.33. The maximum Gasteiger partial charge on any atom is 0.416 e. The van der Waals surface area contributed by atoms with Crippen LogP contribution in [0, 0.1) is 0 Å². The first kappa shape index (κ1) is 20.8. The number of fused-ring (bicyclic) bond motifs is 1. The van der Waals surface area contributed by atoms with Crippen LogP contribution in [0.3, 0.4) is 0 Å². The number of aromatic nitrogens is 2. The minimum absolute atomic E-state index is 0.0992. The van der Waals surface area contributed by atoms with Crippen LogP contribution in [0.25, 0.3) is 0 Å². The summed E-state index contributed by atoms with van der Waals surface area (Å²) in [7, 11) is -3.39. The van der Waals surface area contributed by atoms with E-state index < -0.39 is 21.8 Å². The molecule has 2 aliphatic heterocycles. The SMILES string of the molecule is C=CS(=O)(=O)N1CC(N2CCc3c(ncnc3Oc3ccc(C(F)(F)F)cc3)C2)C1. The third-order valence-corrected chi connectivity index (χ3v) is 6.75. The molecule has 0 amide bonds. The summed E-state index contributed by atoms with van der Waals surface area (Å²) >= 11 is 0. The smallest absolute Gasteiger partial charge is 0.416 e. The summed E-state index contributed by atoms with van der Waals surface area (Å²) in [5.74, 6) is 0.583. The molecule has 0 bridgehead atoms. The Bertz CT molecular complexity index is 1050. The number of halogens is 3. The molecule has 1 aromatic carbocycles. The van der Waals surface area contributed by atoms with Crippen LogP contribution in [-0.4, -0.2) is 53.3 Å². The monoisotopic (exact) mass is 440 g/mol. The number of hydrogen-bond donors (Lipinski definition) is 0. The zero-order chi connectivity index (χ0) is 21.5. The third-order valence-electron chi connectivity index (χ3n) is 5.31. The van der Waals surface area contributed by atoms with Crippen LogP contribution >= 0.6 is 0 Å². The van der Waals surface area contributed by atoms with Gasteiger partial charge in [0, 0.05) is 43.2 Å². The number of ether oxygens (including phenoxy) is 1. The number of benzene rings is 1. The van der Waals surface area contributed by atoms with Gasteiger partial charge in [-0.25, -0.2) is 18.4 Å². The van der Waals surface area contributed by atoms with Crippen molar-refractivity contribution in [2.24, 2.45) is 0 Å². The van der Waals surface area contributed by atoms with Gasteiger partial charge in [-0.05, 0) is 30.7 Å². The minimum Gasteiger partial charge on any atom is -0.439 e. The zero-order valence-electron chi connectivity index (χ0n) is 15.8. The number of nitrogens with zero attached hydrogens (tertiary/aromatic N) is 4. The van der Waals surface area contributed by atoms with Crippen LogP contribution in [0.1, 0.15) is 16.8 Å². The maximum absolute atomic E-state index is 12.7. The molecule has 1 aromatic heterocycles. The van der Waals surface area contributed by atoms with Gasteiger partial charge in [-0.3, -0.25) is 4.90 Å². The second kappa shape index (κ2) is 7.64. The van der Waals surface area contributed by atoms with Crippen molar-refractivity contribution in [1.82, 2.24) is 19.2 Å². The van der Waals surface area contributed by atoms with E-state index in [1.54, 1.807) is 0 Å². The Kier molecular flexibility index (Phi) is 5.28. The lowest BCUT2D eigenvalue weighted by Gasteiger charge is -2.45. The second-order valence-electron chi connectivity index (χ2n) is 7.13. The predicted octanol–water partition coefficient (Wildman–Crippen LogP) is 2.80. The summed E-state index contributed by atoms with van der Waals surface area (Å²) < 4.78 is 68.8. The van der Waals surface area contributed by atoms with Crippen molar-refractivity contribution in [2.75, 3.05) is 19.6 Å². The quantitative estimate of drug-likeness (QED) is 0.712. The Balaban J connectivity index is 1.44. The van der Waals surface area contributed by atoms with E-state index in [2.05, 4.69) is 21.4 Å². The Morgan fingerprint density at radius 3 is 2.50 bits per heavy atom. The van der Waals surface area contributed by atoms with Gasteiger partial charge in [0.25, 0.3) is 0 Å². The molecule has 0 saturated carbocycles. The highest BCUT2D eigenvalue weighted by molar-refractivity contribution is 7.92. The van der Waals surface area contributed by atoms with Crippen molar-refractivity contribution in [3.05, 3.63) is 59.4 Å². The first-order valence-electron chi connectivity index (χ1n) is 9.22. The molecule has 1 saturated heterocycles. The van der Waals surface area contributed by atoms with Gasteiger partial charge in [-0.15, -0.1) is 0 Å². The van der Waals surface area contributed by atoms with E-state index in [-0.39, 0.29) is 11.8 Å². The first-order chi connectivity index (χ1) is 14.2. The summed E-state index contributed by atoms with van der Waals surface area (Å²) in [6, 6.07) is 4.54. The van der Waals surface area contributed by atoms with Crippen molar-refractivity contribution >= 4 is 10.0 Å². The molecule has 0 unspecified atom stereocenters. The number of hydrogen-bond acceptors (Lipinski definition) is 6. The summed E-state index contributed by atoms with van der Waals surface area (Å²) in [4.78, 5) is 10.6. The molecule has 30 heavy (non-hydrogen) atoms. The molecule has 0 radical (unpaired) electrons. The molecule has 0 aliphatic carbocycles. The standard InChI is InChI=1S/C19H19F3N4O3S/c1-2-30(27,28)26-9-14(10-26)25-8-7-16-17(11-25)23-12-24-18(16)29-15-5-3-13(4-6-15)19(20,21)22/h2-6,12,14H,1,7-11H2. The molecular weight excluding hydrogens is 421 g/mol. The molecule has 0 N–H and O–H groups in total. The summed E-state index contributed by atoms with van der Waals surface area (Å²) in [5.41, 5.74) is 0.829. The average Bonchev–Trinajstić information content (AvgIpc) is 2.66. The zero-order valence-corrected chi connectivity index (χ0v) is 16.7. The van der Waals surface area contributed by atoms with Crippen LogP contribution in [0.5, 0.6) is 11.6 Å². The first-order valence-corrected chi connectivity index (χ1v) is 10.7. The lowest BCUT2D eigenvalue weighted by Crippen LogP contribution is -2.61. The number of sulfonamides is 1. The lowest BCUT2D eigenvalue weighted by atomic mass is 10.0. The largest absolute Gasteiger partial charge is 0.439 e. The van der Waals surface area contributed by atoms with E-state index in [0.717, 1.165) is 28.8 Å². The van der Waals surface area contributed by atoms with Crippen molar-refractivity contribution < 1.29 is 26.3 Å². The van der Waals surface area contributed by atoms with Crippen LogP contribution in [-0.2, 0) is 29.2 Å². The Labute approximate surface area is 171 Å². The van der Waals surface area contributed by atoms with Gasteiger partial charge in [-0.2, -0.15) is 17.5 Å². The number of alkyl halides is 3. The van der Waals surface area contributed by atoms with Crippen LogP contribution in [0.15, 0.2) is 42.6 Å². The topological polar surface area (TPSA) is 75.6 Å². The van der Waals surface area contributed by atoms with E-state index in [0.29, 0.717) is 38.5 Å². The fraction of sp³-hybridized carbons (Fsp3) is 0.368. The Morgan fingerprint density at radius 1 is 1.17 bits per heavy atom. The number of rotatable bonds is 5. The normalized spacial score (nSPS) is 18.5. The van der Waals surface area contributed by atoms with Crippen LogP contribution in [0.4, 0.5) is 13.2 Å². The molecule has 4 rings (SSSR count). The van der Waals surface area contributed by atoms with Crippen LogP contribution < -0.4 is 4.74 Å². The summed E-state index contributed by atoms with van der Waals surface area (Å²) in [6.07, 6.45) is -2.45. The Morgan fingerprint density at radius 2 is 1.87 bits per heavy atom. The fourth-order valence-electron chi connectivity index (χ4n) is 3.53. The van der Waals surface area contributed by atoms with E-state index in [1.165, 1.54) is 22.8 Å². The van der Waals surface area contributed by atoms with E-state index in [4.69, 9.17) is 4.74 Å². The predicted molar refractivity (Wildman–Crippen MR) is 102 cm³/mol. The van der Waals surface area contributed by atoms with E-state index in [9.17, 15) is 21.6 Å². The molecule has 3 heterocycles. The van der Waals surface area contributed by atoms with Crippen molar-refractivity contribution in [3.8, 4) is 11.6 Å². The van der Waals surface area contributed by atoms with Gasteiger partial charge < -0.3 is 4.74 Å². The van der Waals surface area contributed by atoms with Gasteiger partial charge >= 0.3 is 6.18 Å². The minimum atomic E-state index is -4.40. The Hall–Kier alpha value is -2.50. The van der Waals surface area contributed by atoms with Gasteiger partial charge in [0.15, 0.2) is 0 Å². The van der Waals surface area contributed by atoms with Crippen molar-refractivity contribution in [3.63, 3.8) is 0 Å². The van der Waals surface area contributed by atoms with Gasteiger partial charge in [0.1, 0.15) is 12.1 Å². The van der Waals surface area contributed by atoms with Crippen molar-refractivity contribution in [2.45, 2.75) is 25.2 Å².